The van der Waals surface area contributed by atoms with Crippen molar-refractivity contribution in [1.29, 1.82) is 0 Å². The van der Waals surface area contributed by atoms with Gasteiger partial charge in [-0.2, -0.15) is 0 Å². The normalized spacial score (nSPS) is 12.0. The lowest BCUT2D eigenvalue weighted by atomic mass is 10.1. The quantitative estimate of drug-likeness (QED) is 0.562. The van der Waals surface area contributed by atoms with E-state index in [2.05, 4.69) is 21.2 Å². The molecule has 0 heterocycles. The number of hydrogen-bond acceptors (Lipinski definition) is 3. The van der Waals surface area contributed by atoms with Crippen LogP contribution in [0.1, 0.15) is 11.7 Å². The van der Waals surface area contributed by atoms with Gasteiger partial charge in [-0.3, -0.25) is 4.79 Å². The largest absolute Gasteiger partial charge is 0.492 e. The number of carbonyl (C=O) groups excluding carboxylic acids is 1. The van der Waals surface area contributed by atoms with Crippen molar-refractivity contribution in [2.75, 3.05) is 13.2 Å². The molecule has 4 nitrogen and oxygen atoms in total. The minimum Gasteiger partial charge on any atom is -0.492 e. The van der Waals surface area contributed by atoms with Crippen LogP contribution in [0.2, 0.25) is 5.02 Å². The highest BCUT2D eigenvalue weighted by atomic mass is 79.9. The van der Waals surface area contributed by atoms with Crippen LogP contribution < -0.4 is 10.1 Å². The van der Waals surface area contributed by atoms with E-state index in [0.717, 1.165) is 21.0 Å². The molecule has 0 aromatic heterocycles. The average Bonchev–Trinajstić information content (AvgIpc) is 2.64. The monoisotopic (exact) mass is 433 g/mol. The summed E-state index contributed by atoms with van der Waals surface area (Å²) in [7, 11) is 0. The molecule has 0 radical (unpaired) electrons. The Morgan fingerprint density at radius 1 is 1.12 bits per heavy atom. The standard InChI is InChI=1S/C20H17BrClNO3/c21-16-6-4-14-12-18(7-5-13(14)10-16)26-9-8-23-20(25)19(24)15-2-1-3-17(22)11-15/h1-7,10-12,19,24H,8-9H2,(H,23,25). The number of aliphatic hydroxyl groups is 1. The molecule has 3 aromatic carbocycles. The fraction of sp³-hybridized carbons (Fsp3) is 0.150. The van der Waals surface area contributed by atoms with Crippen LogP contribution in [-0.4, -0.2) is 24.2 Å². The van der Waals surface area contributed by atoms with Crippen LogP contribution in [0.25, 0.3) is 10.8 Å². The van der Waals surface area contributed by atoms with Crippen molar-refractivity contribution in [3.8, 4) is 5.75 Å². The molecule has 0 spiro atoms. The van der Waals surface area contributed by atoms with E-state index < -0.39 is 12.0 Å². The summed E-state index contributed by atoms with van der Waals surface area (Å²) < 4.78 is 6.70. The van der Waals surface area contributed by atoms with Crippen LogP contribution >= 0.6 is 27.5 Å². The lowest BCUT2D eigenvalue weighted by Gasteiger charge is -2.13. The maximum Gasteiger partial charge on any atom is 0.253 e. The minimum absolute atomic E-state index is 0.287. The minimum atomic E-state index is -1.26. The molecule has 0 aliphatic heterocycles. The molecule has 1 unspecified atom stereocenters. The predicted octanol–water partition coefficient (Wildman–Crippen LogP) is 4.48. The summed E-state index contributed by atoms with van der Waals surface area (Å²) in [5.41, 5.74) is 0.455. The molecule has 134 valence electrons. The number of halogens is 2. The van der Waals surface area contributed by atoms with Gasteiger partial charge in [-0.05, 0) is 52.7 Å². The van der Waals surface area contributed by atoms with Gasteiger partial charge in [0.05, 0.1) is 6.54 Å². The summed E-state index contributed by atoms with van der Waals surface area (Å²) in [6.07, 6.45) is -1.26. The summed E-state index contributed by atoms with van der Waals surface area (Å²) in [6, 6.07) is 18.4. The molecule has 0 fully saturated rings. The van der Waals surface area contributed by atoms with Crippen molar-refractivity contribution in [1.82, 2.24) is 5.32 Å². The van der Waals surface area contributed by atoms with Crippen LogP contribution in [0.3, 0.4) is 0 Å². The Hall–Kier alpha value is -2.08. The average molecular weight is 435 g/mol. The molecule has 0 aliphatic carbocycles. The number of carbonyl (C=O) groups is 1. The van der Waals surface area contributed by atoms with Crippen LogP contribution in [0.5, 0.6) is 5.75 Å². The first kappa shape index (κ1) is 18.7. The first-order valence-electron chi connectivity index (χ1n) is 8.06. The zero-order valence-corrected chi connectivity index (χ0v) is 16.1. The Balaban J connectivity index is 1.50. The highest BCUT2D eigenvalue weighted by Crippen LogP contribution is 2.24. The van der Waals surface area contributed by atoms with Crippen molar-refractivity contribution in [2.45, 2.75) is 6.10 Å². The van der Waals surface area contributed by atoms with Gasteiger partial charge in [0.1, 0.15) is 12.4 Å². The van der Waals surface area contributed by atoms with Gasteiger partial charge < -0.3 is 15.2 Å². The Morgan fingerprint density at radius 3 is 2.69 bits per heavy atom. The topological polar surface area (TPSA) is 58.6 Å². The summed E-state index contributed by atoms with van der Waals surface area (Å²) >= 11 is 9.32. The molecule has 2 N–H and O–H groups in total. The molecule has 0 saturated heterocycles. The highest BCUT2D eigenvalue weighted by molar-refractivity contribution is 9.10. The summed E-state index contributed by atoms with van der Waals surface area (Å²) in [4.78, 5) is 12.0. The van der Waals surface area contributed by atoms with E-state index >= 15 is 0 Å². The van der Waals surface area contributed by atoms with Gasteiger partial charge in [0.2, 0.25) is 0 Å². The molecule has 3 rings (SSSR count). The van der Waals surface area contributed by atoms with E-state index in [1.807, 2.05) is 36.4 Å². The smallest absolute Gasteiger partial charge is 0.253 e. The number of aliphatic hydroxyl groups excluding tert-OH is 1. The molecule has 6 heteroatoms. The van der Waals surface area contributed by atoms with Crippen LogP contribution in [0.15, 0.2) is 65.1 Å². The third-order valence-electron chi connectivity index (χ3n) is 3.86. The van der Waals surface area contributed by atoms with Crippen molar-refractivity contribution in [2.24, 2.45) is 0 Å². The van der Waals surface area contributed by atoms with E-state index in [0.29, 0.717) is 17.2 Å². The first-order chi connectivity index (χ1) is 12.5. The molecular formula is C20H17BrClNO3. The number of rotatable bonds is 6. The lowest BCUT2D eigenvalue weighted by Crippen LogP contribution is -2.32. The van der Waals surface area contributed by atoms with Gasteiger partial charge in [-0.25, -0.2) is 0 Å². The molecule has 3 aromatic rings. The van der Waals surface area contributed by atoms with Gasteiger partial charge in [0.25, 0.3) is 5.91 Å². The van der Waals surface area contributed by atoms with Crippen LogP contribution in [0.4, 0.5) is 0 Å². The van der Waals surface area contributed by atoms with Crippen molar-refractivity contribution < 1.29 is 14.6 Å². The second-order valence-corrected chi connectivity index (χ2v) is 7.10. The first-order valence-corrected chi connectivity index (χ1v) is 9.23. The molecule has 0 bridgehead atoms. The fourth-order valence-electron chi connectivity index (χ4n) is 2.55. The Labute approximate surface area is 164 Å². The number of hydrogen-bond donors (Lipinski definition) is 2. The Morgan fingerprint density at radius 2 is 1.88 bits per heavy atom. The number of benzene rings is 3. The maximum absolute atomic E-state index is 12.0. The molecule has 0 aliphatic rings. The maximum atomic E-state index is 12.0. The molecular weight excluding hydrogens is 418 g/mol. The van der Waals surface area contributed by atoms with E-state index in [9.17, 15) is 9.90 Å². The second-order valence-electron chi connectivity index (χ2n) is 5.75. The number of nitrogens with one attached hydrogen (secondary N) is 1. The number of ether oxygens (including phenoxy) is 1. The van der Waals surface area contributed by atoms with E-state index in [4.69, 9.17) is 16.3 Å². The van der Waals surface area contributed by atoms with Crippen molar-refractivity contribution in [3.63, 3.8) is 0 Å². The number of amides is 1. The van der Waals surface area contributed by atoms with Crippen LogP contribution in [-0.2, 0) is 4.79 Å². The lowest BCUT2D eigenvalue weighted by molar-refractivity contribution is -0.129. The molecule has 26 heavy (non-hydrogen) atoms. The van der Waals surface area contributed by atoms with Crippen molar-refractivity contribution in [3.05, 3.63) is 75.7 Å². The Bertz CT molecular complexity index is 932. The van der Waals surface area contributed by atoms with Gasteiger partial charge in [-0.15, -0.1) is 0 Å². The summed E-state index contributed by atoms with van der Waals surface area (Å²) in [6.45, 7) is 0.588. The predicted molar refractivity (Wildman–Crippen MR) is 107 cm³/mol. The fourth-order valence-corrected chi connectivity index (χ4v) is 3.13. The van der Waals surface area contributed by atoms with Gasteiger partial charge >= 0.3 is 0 Å². The van der Waals surface area contributed by atoms with E-state index in [-0.39, 0.29) is 6.54 Å². The van der Waals surface area contributed by atoms with Gasteiger partial charge in [-0.1, -0.05) is 51.8 Å². The van der Waals surface area contributed by atoms with Gasteiger partial charge in [0.15, 0.2) is 6.10 Å². The number of fused-ring (bicyclic) bond motifs is 1. The summed E-state index contributed by atoms with van der Waals surface area (Å²) in [5, 5.41) is 15.4. The zero-order chi connectivity index (χ0) is 18.5. The van der Waals surface area contributed by atoms with E-state index in [1.165, 1.54) is 0 Å². The van der Waals surface area contributed by atoms with Crippen LogP contribution in [0, 0.1) is 0 Å². The van der Waals surface area contributed by atoms with Crippen molar-refractivity contribution >= 4 is 44.2 Å². The third kappa shape index (κ3) is 4.75. The molecule has 1 amide bonds. The zero-order valence-electron chi connectivity index (χ0n) is 13.8. The van der Waals surface area contributed by atoms with E-state index in [1.54, 1.807) is 24.3 Å². The second kappa shape index (κ2) is 8.54. The molecule has 1 atom stereocenters. The summed E-state index contributed by atoms with van der Waals surface area (Å²) in [5.74, 6) is 0.240. The highest BCUT2D eigenvalue weighted by Gasteiger charge is 2.16. The molecule has 0 saturated carbocycles. The van der Waals surface area contributed by atoms with Gasteiger partial charge in [0, 0.05) is 9.50 Å². The SMILES string of the molecule is O=C(NCCOc1ccc2cc(Br)ccc2c1)C(O)c1cccc(Cl)c1. The Kier molecular flexibility index (Phi) is 6.14. The third-order valence-corrected chi connectivity index (χ3v) is 4.58.